The molecule has 0 fully saturated rings. The van der Waals surface area contributed by atoms with Crippen molar-refractivity contribution in [2.75, 3.05) is 13.7 Å². The summed E-state index contributed by atoms with van der Waals surface area (Å²) in [5.74, 6) is -0.277. The summed E-state index contributed by atoms with van der Waals surface area (Å²) >= 11 is 0. The minimum absolute atomic E-state index is 0.000992. The third kappa shape index (κ3) is 4.09. The van der Waals surface area contributed by atoms with Crippen LogP contribution in [0.25, 0.3) is 17.0 Å². The predicted octanol–water partition coefficient (Wildman–Crippen LogP) is 0.973. The van der Waals surface area contributed by atoms with Crippen molar-refractivity contribution in [1.29, 1.82) is 5.41 Å². The van der Waals surface area contributed by atoms with E-state index in [0.717, 1.165) is 5.56 Å². The number of nitrogens with two attached hydrogens (primary N) is 1. The Morgan fingerprint density at radius 3 is 2.63 bits per heavy atom. The average Bonchev–Trinajstić information content (AvgIpc) is 3.11. The molecular weight excluding hydrogens is 348 g/mol. The van der Waals surface area contributed by atoms with Crippen molar-refractivity contribution in [1.82, 2.24) is 19.7 Å². The molecule has 0 bridgehead atoms. The molecule has 9 nitrogen and oxygen atoms in total. The number of rotatable bonds is 6. The predicted molar refractivity (Wildman–Crippen MR) is 98.4 cm³/mol. The molecule has 0 saturated carbocycles. The molecule has 0 aliphatic rings. The van der Waals surface area contributed by atoms with Gasteiger partial charge in [-0.3, -0.25) is 19.4 Å². The van der Waals surface area contributed by atoms with E-state index in [1.165, 1.54) is 13.3 Å². The van der Waals surface area contributed by atoms with Gasteiger partial charge in [-0.2, -0.15) is 0 Å². The number of hydrogen-bond acceptors (Lipinski definition) is 6. The first-order valence-electron chi connectivity index (χ1n) is 8.12. The summed E-state index contributed by atoms with van der Waals surface area (Å²) in [5, 5.41) is 10.1. The Bertz CT molecular complexity index is 1010. The molecule has 3 aromatic rings. The monoisotopic (exact) mass is 366 g/mol. The van der Waals surface area contributed by atoms with Gasteiger partial charge >= 0.3 is 5.97 Å². The molecule has 0 spiro atoms. The van der Waals surface area contributed by atoms with Gasteiger partial charge in [-0.05, 0) is 0 Å². The second-order valence-electron chi connectivity index (χ2n) is 5.75. The van der Waals surface area contributed by atoms with Crippen LogP contribution in [0.4, 0.5) is 0 Å². The van der Waals surface area contributed by atoms with Crippen LogP contribution < -0.4 is 11.1 Å². The van der Waals surface area contributed by atoms with Crippen LogP contribution in [-0.2, 0) is 9.53 Å². The lowest BCUT2D eigenvalue weighted by Gasteiger charge is -2.04. The quantitative estimate of drug-likeness (QED) is 0.338. The molecule has 1 amide bonds. The van der Waals surface area contributed by atoms with Gasteiger partial charge in [-0.15, -0.1) is 0 Å². The van der Waals surface area contributed by atoms with E-state index in [2.05, 4.69) is 20.0 Å². The number of benzene rings is 1. The number of hydrogen-bond donors (Lipinski definition) is 3. The van der Waals surface area contributed by atoms with Gasteiger partial charge in [0.2, 0.25) is 5.78 Å². The summed E-state index contributed by atoms with van der Waals surface area (Å²) in [6.07, 6.45) is 4.91. The number of nitrogens with one attached hydrogen (secondary N) is 2. The summed E-state index contributed by atoms with van der Waals surface area (Å²) < 4.78 is 6.18. The van der Waals surface area contributed by atoms with Crippen molar-refractivity contribution in [3.63, 3.8) is 0 Å². The molecule has 2 heterocycles. The van der Waals surface area contributed by atoms with Crippen LogP contribution in [0.15, 0.2) is 42.9 Å². The number of esters is 1. The van der Waals surface area contributed by atoms with Crippen molar-refractivity contribution in [2.45, 2.75) is 6.42 Å². The molecule has 0 radical (unpaired) electrons. The molecule has 138 valence electrons. The molecule has 9 heteroatoms. The van der Waals surface area contributed by atoms with Crippen LogP contribution >= 0.6 is 0 Å². The Morgan fingerprint density at radius 1 is 1.22 bits per heavy atom. The number of amides is 1. The Hall–Kier alpha value is -3.75. The molecule has 0 aliphatic heterocycles. The van der Waals surface area contributed by atoms with Crippen LogP contribution in [0.1, 0.15) is 22.3 Å². The number of aromatic nitrogens is 3. The third-order valence-corrected chi connectivity index (χ3v) is 3.91. The number of carbonyl (C=O) groups excluding carboxylic acids is 2. The Labute approximate surface area is 154 Å². The van der Waals surface area contributed by atoms with Gasteiger partial charge in [0.1, 0.15) is 5.84 Å². The highest BCUT2D eigenvalue weighted by molar-refractivity contribution is 5.95. The van der Waals surface area contributed by atoms with Gasteiger partial charge in [0.25, 0.3) is 5.91 Å². The highest BCUT2D eigenvalue weighted by atomic mass is 16.5. The van der Waals surface area contributed by atoms with Gasteiger partial charge in [-0.1, -0.05) is 24.3 Å². The Morgan fingerprint density at radius 2 is 1.96 bits per heavy atom. The average molecular weight is 366 g/mol. The summed E-state index contributed by atoms with van der Waals surface area (Å²) in [7, 11) is 1.30. The van der Waals surface area contributed by atoms with Crippen LogP contribution in [0.2, 0.25) is 0 Å². The smallest absolute Gasteiger partial charge is 0.307 e. The number of nitrogens with zero attached hydrogens (tertiary/aromatic N) is 3. The first kappa shape index (κ1) is 18.1. The number of nitrogen functional groups attached to an aromatic ring is 1. The van der Waals surface area contributed by atoms with Gasteiger partial charge in [-0.25, -0.2) is 9.97 Å². The summed E-state index contributed by atoms with van der Waals surface area (Å²) in [5.41, 5.74) is 7.96. The fourth-order valence-corrected chi connectivity index (χ4v) is 2.44. The van der Waals surface area contributed by atoms with Crippen molar-refractivity contribution in [3.8, 4) is 11.3 Å². The molecule has 0 atom stereocenters. The number of fused-ring (bicyclic) bond motifs is 1. The lowest BCUT2D eigenvalue weighted by molar-refractivity contribution is -0.140. The number of methoxy groups -OCH3 is 1. The second kappa shape index (κ2) is 7.65. The molecule has 0 aliphatic carbocycles. The van der Waals surface area contributed by atoms with Gasteiger partial charge in [0.15, 0.2) is 0 Å². The Kier molecular flexibility index (Phi) is 5.11. The number of amidine groups is 1. The maximum Gasteiger partial charge on any atom is 0.307 e. The molecule has 1 aromatic carbocycles. The fraction of sp³-hybridized carbons (Fsp3) is 0.167. The van der Waals surface area contributed by atoms with Crippen LogP contribution in [0, 0.1) is 5.41 Å². The highest BCUT2D eigenvalue weighted by Gasteiger charge is 2.11. The zero-order valence-electron chi connectivity index (χ0n) is 14.6. The third-order valence-electron chi connectivity index (χ3n) is 3.91. The van der Waals surface area contributed by atoms with Crippen LogP contribution in [0.5, 0.6) is 0 Å². The molecule has 4 N–H and O–H groups in total. The van der Waals surface area contributed by atoms with Crippen molar-refractivity contribution >= 4 is 23.5 Å². The number of carbonyl (C=O) groups is 2. The minimum Gasteiger partial charge on any atom is -0.469 e. The van der Waals surface area contributed by atoms with Gasteiger partial charge in [0, 0.05) is 36.3 Å². The van der Waals surface area contributed by atoms with Crippen molar-refractivity contribution in [3.05, 3.63) is 54.0 Å². The van der Waals surface area contributed by atoms with Crippen LogP contribution in [0.3, 0.4) is 0 Å². The molecule has 2 aromatic heterocycles. The van der Waals surface area contributed by atoms with E-state index in [0.29, 0.717) is 22.6 Å². The molecule has 0 saturated heterocycles. The summed E-state index contributed by atoms with van der Waals surface area (Å²) in [6, 6.07) is 7.13. The van der Waals surface area contributed by atoms with Crippen molar-refractivity contribution in [2.24, 2.45) is 5.73 Å². The lowest BCUT2D eigenvalue weighted by Crippen LogP contribution is -2.26. The maximum absolute atomic E-state index is 12.2. The minimum atomic E-state index is -0.390. The first-order chi connectivity index (χ1) is 13.0. The number of imidazole rings is 1. The zero-order chi connectivity index (χ0) is 19.4. The molecule has 27 heavy (non-hydrogen) atoms. The van der Waals surface area contributed by atoms with Crippen molar-refractivity contribution < 1.29 is 14.3 Å². The SMILES string of the molecule is COC(=O)CCNC(=O)c1cnc2nc(-c3ccc(C(=N)N)cc3)cn2c1. The van der Waals surface area contributed by atoms with E-state index in [1.807, 2.05) is 12.1 Å². The highest BCUT2D eigenvalue weighted by Crippen LogP contribution is 2.19. The number of ether oxygens (including phenoxy) is 1. The van der Waals surface area contributed by atoms with Gasteiger partial charge in [0.05, 0.1) is 24.8 Å². The zero-order valence-corrected chi connectivity index (χ0v) is 14.6. The van der Waals surface area contributed by atoms with E-state index in [4.69, 9.17) is 11.1 Å². The largest absolute Gasteiger partial charge is 0.469 e. The normalized spacial score (nSPS) is 10.6. The standard InChI is InChI=1S/C18H18N6O3/c1-27-15(25)6-7-21-17(26)13-8-22-18-23-14(10-24(18)9-13)11-2-4-12(5-3-11)16(19)20/h2-5,8-10H,6-7H2,1H3,(H3,19,20)(H,21,26). The van der Waals surface area contributed by atoms with E-state index in [-0.39, 0.29) is 30.7 Å². The second-order valence-corrected chi connectivity index (χ2v) is 5.75. The van der Waals surface area contributed by atoms with E-state index < -0.39 is 0 Å². The fourth-order valence-electron chi connectivity index (χ4n) is 2.44. The van der Waals surface area contributed by atoms with Gasteiger partial charge < -0.3 is 15.8 Å². The summed E-state index contributed by atoms with van der Waals surface area (Å²) in [4.78, 5) is 31.9. The molecule has 0 unspecified atom stereocenters. The molecular formula is C18H18N6O3. The summed E-state index contributed by atoms with van der Waals surface area (Å²) in [6.45, 7) is 0.182. The van der Waals surface area contributed by atoms with E-state index >= 15 is 0 Å². The Balaban J connectivity index is 1.77. The van der Waals surface area contributed by atoms with Crippen LogP contribution in [-0.4, -0.2) is 45.7 Å². The lowest BCUT2D eigenvalue weighted by atomic mass is 10.1. The topological polar surface area (TPSA) is 135 Å². The van der Waals surface area contributed by atoms with E-state index in [1.54, 1.807) is 28.9 Å². The maximum atomic E-state index is 12.2. The first-order valence-corrected chi connectivity index (χ1v) is 8.12. The van der Waals surface area contributed by atoms with E-state index in [9.17, 15) is 9.59 Å². The molecule has 3 rings (SSSR count).